The van der Waals surface area contributed by atoms with Crippen molar-refractivity contribution in [2.45, 2.75) is 30.9 Å². The van der Waals surface area contributed by atoms with Gasteiger partial charge in [0.1, 0.15) is 11.3 Å². The monoisotopic (exact) mass is 470 g/mol. The first kappa shape index (κ1) is 22.5. The van der Waals surface area contributed by atoms with Crippen molar-refractivity contribution in [3.8, 4) is 0 Å². The molecular weight excluding hydrogens is 448 g/mol. The van der Waals surface area contributed by atoms with Crippen LogP contribution in [0.5, 0.6) is 0 Å². The number of hydrogen-bond acceptors (Lipinski definition) is 5. The van der Waals surface area contributed by atoms with E-state index in [0.717, 1.165) is 22.0 Å². The molecule has 6 nitrogen and oxygen atoms in total. The summed E-state index contributed by atoms with van der Waals surface area (Å²) in [5.41, 5.74) is 3.27. The molecular formula is C24H23ClN2O4S. The molecule has 4 aromatic rings. The van der Waals surface area contributed by atoms with E-state index in [1.54, 1.807) is 18.2 Å². The van der Waals surface area contributed by atoms with Crippen molar-refractivity contribution in [3.05, 3.63) is 94.9 Å². The summed E-state index contributed by atoms with van der Waals surface area (Å²) in [6.45, 7) is 3.31. The van der Waals surface area contributed by atoms with E-state index in [1.165, 1.54) is 12.1 Å². The van der Waals surface area contributed by atoms with Gasteiger partial charge in [-0.3, -0.25) is 4.18 Å². The highest BCUT2D eigenvalue weighted by Gasteiger charge is 2.27. The van der Waals surface area contributed by atoms with Crippen LogP contribution in [-0.2, 0) is 14.3 Å². The summed E-state index contributed by atoms with van der Waals surface area (Å²) in [5.74, 6) is 0. The molecule has 0 radical (unpaired) electrons. The van der Waals surface area contributed by atoms with Crippen molar-refractivity contribution in [2.75, 3.05) is 6.61 Å². The number of aromatic nitrogens is 2. The Kier molecular flexibility index (Phi) is 6.35. The number of benzene rings is 2. The van der Waals surface area contributed by atoms with Crippen LogP contribution in [0.4, 0.5) is 0 Å². The Balaban J connectivity index is 1.68. The molecule has 0 bridgehead atoms. The lowest BCUT2D eigenvalue weighted by molar-refractivity contribution is 0.0785. The Morgan fingerprint density at radius 1 is 1.06 bits per heavy atom. The smallest absolute Gasteiger partial charge is 0.297 e. The molecule has 166 valence electrons. The second-order valence-corrected chi connectivity index (χ2v) is 9.67. The summed E-state index contributed by atoms with van der Waals surface area (Å²) < 4.78 is 32.4. The first-order valence-electron chi connectivity index (χ1n) is 10.1. The van der Waals surface area contributed by atoms with Gasteiger partial charge in [-0.15, -0.1) is 0 Å². The molecule has 2 heterocycles. The third kappa shape index (κ3) is 4.56. The Morgan fingerprint density at radius 3 is 2.44 bits per heavy atom. The summed E-state index contributed by atoms with van der Waals surface area (Å²) in [7, 11) is -4.01. The highest BCUT2D eigenvalue weighted by Crippen LogP contribution is 2.31. The third-order valence-corrected chi connectivity index (χ3v) is 6.84. The lowest BCUT2D eigenvalue weighted by atomic mass is 10.0. The molecule has 2 atom stereocenters. The first-order chi connectivity index (χ1) is 15.3. The molecule has 1 N–H and O–H groups in total. The van der Waals surface area contributed by atoms with Crippen molar-refractivity contribution < 1.29 is 17.7 Å². The molecule has 4 rings (SSSR count). The third-order valence-electron chi connectivity index (χ3n) is 5.35. The van der Waals surface area contributed by atoms with Gasteiger partial charge in [0.15, 0.2) is 0 Å². The van der Waals surface area contributed by atoms with Gasteiger partial charge >= 0.3 is 0 Å². The summed E-state index contributed by atoms with van der Waals surface area (Å²) >= 11 is 6.10. The molecule has 0 fully saturated rings. The predicted octanol–water partition coefficient (Wildman–Crippen LogP) is 4.66. The maximum Gasteiger partial charge on any atom is 0.297 e. The number of rotatable bonds is 7. The summed E-state index contributed by atoms with van der Waals surface area (Å²) in [6.07, 6.45) is 0.689. The van der Waals surface area contributed by atoms with Gasteiger partial charge in [0.05, 0.1) is 28.8 Å². The number of nitrogens with zero attached hydrogens (tertiary/aromatic N) is 2. The molecule has 0 saturated carbocycles. The molecule has 2 aromatic heterocycles. The normalized spacial score (nSPS) is 13.9. The van der Waals surface area contributed by atoms with Crippen molar-refractivity contribution in [1.82, 2.24) is 9.55 Å². The van der Waals surface area contributed by atoms with Crippen LogP contribution >= 0.6 is 11.6 Å². The van der Waals surface area contributed by atoms with Crippen LogP contribution in [-0.4, -0.2) is 35.8 Å². The van der Waals surface area contributed by atoms with Crippen molar-refractivity contribution in [1.29, 1.82) is 0 Å². The SMILES string of the molecule is Cc1ccc(S(=O)(=O)OC[C@@H](O)[C@H](c2ccccc2)n2ccc3cc(Cl)nc(C)c32)cc1. The minimum Gasteiger partial charge on any atom is -0.388 e. The zero-order chi connectivity index (χ0) is 22.9. The lowest BCUT2D eigenvalue weighted by Crippen LogP contribution is -2.30. The highest BCUT2D eigenvalue weighted by molar-refractivity contribution is 7.86. The van der Waals surface area contributed by atoms with E-state index in [0.29, 0.717) is 10.8 Å². The topological polar surface area (TPSA) is 81.4 Å². The fraction of sp³-hybridized carbons (Fsp3) is 0.208. The van der Waals surface area contributed by atoms with Crippen LogP contribution < -0.4 is 0 Å². The van der Waals surface area contributed by atoms with Gasteiger partial charge in [-0.2, -0.15) is 8.42 Å². The molecule has 32 heavy (non-hydrogen) atoms. The lowest BCUT2D eigenvalue weighted by Gasteiger charge is -2.26. The van der Waals surface area contributed by atoms with Crippen molar-refractivity contribution in [2.24, 2.45) is 0 Å². The number of fused-ring (bicyclic) bond motifs is 1. The van der Waals surface area contributed by atoms with E-state index in [2.05, 4.69) is 4.98 Å². The fourth-order valence-corrected chi connectivity index (χ4v) is 4.99. The van der Waals surface area contributed by atoms with Gasteiger partial charge in [0, 0.05) is 11.6 Å². The Bertz CT molecular complexity index is 1340. The summed E-state index contributed by atoms with van der Waals surface area (Å²) in [4.78, 5) is 4.39. The average molecular weight is 471 g/mol. The number of aliphatic hydroxyl groups excluding tert-OH is 1. The Morgan fingerprint density at radius 2 is 1.75 bits per heavy atom. The van der Waals surface area contributed by atoms with Gasteiger partial charge in [0.2, 0.25) is 0 Å². The summed E-state index contributed by atoms with van der Waals surface area (Å²) in [6, 6.07) is 18.8. The molecule has 8 heteroatoms. The average Bonchev–Trinajstić information content (AvgIpc) is 3.17. The molecule has 2 aromatic carbocycles. The number of aliphatic hydroxyl groups is 1. The minimum absolute atomic E-state index is 0.0488. The van der Waals surface area contributed by atoms with E-state index in [9.17, 15) is 13.5 Å². The molecule has 0 aliphatic heterocycles. The van der Waals surface area contributed by atoms with Crippen LogP contribution in [0.25, 0.3) is 10.9 Å². The molecule has 0 amide bonds. The molecule has 0 aliphatic rings. The quantitative estimate of drug-likeness (QED) is 0.314. The van der Waals surface area contributed by atoms with E-state index in [-0.39, 0.29) is 4.90 Å². The van der Waals surface area contributed by atoms with Gasteiger partial charge in [0.25, 0.3) is 10.1 Å². The van der Waals surface area contributed by atoms with Crippen LogP contribution in [0, 0.1) is 13.8 Å². The maximum absolute atomic E-state index is 12.6. The van der Waals surface area contributed by atoms with Crippen LogP contribution in [0.3, 0.4) is 0 Å². The number of hydrogen-bond donors (Lipinski definition) is 1. The van der Waals surface area contributed by atoms with E-state index in [1.807, 2.05) is 61.0 Å². The number of halogens is 1. The summed E-state index contributed by atoms with van der Waals surface area (Å²) in [5, 5.41) is 12.4. The van der Waals surface area contributed by atoms with Gasteiger partial charge in [-0.25, -0.2) is 4.98 Å². The molecule has 0 unspecified atom stereocenters. The largest absolute Gasteiger partial charge is 0.388 e. The minimum atomic E-state index is -4.01. The Hall–Kier alpha value is -2.71. The highest BCUT2D eigenvalue weighted by atomic mass is 35.5. The maximum atomic E-state index is 12.6. The van der Waals surface area contributed by atoms with E-state index >= 15 is 0 Å². The van der Waals surface area contributed by atoms with Crippen LogP contribution in [0.2, 0.25) is 5.15 Å². The number of pyridine rings is 1. The second kappa shape index (κ2) is 9.03. The van der Waals surface area contributed by atoms with E-state index in [4.69, 9.17) is 15.8 Å². The molecule has 0 saturated heterocycles. The molecule has 0 aliphatic carbocycles. The van der Waals surface area contributed by atoms with Gasteiger partial charge in [-0.05, 0) is 43.7 Å². The van der Waals surface area contributed by atoms with Crippen molar-refractivity contribution in [3.63, 3.8) is 0 Å². The van der Waals surface area contributed by atoms with Crippen LogP contribution in [0.1, 0.15) is 22.9 Å². The second-order valence-electron chi connectivity index (χ2n) is 7.67. The fourth-order valence-electron chi connectivity index (χ4n) is 3.82. The predicted molar refractivity (Wildman–Crippen MR) is 124 cm³/mol. The standard InChI is InChI=1S/C24H23ClN2O4S/c1-16-8-10-20(11-9-16)32(29,30)31-15-21(28)24(18-6-4-3-5-7-18)27-13-12-19-14-22(25)26-17(2)23(19)27/h3-14,21,24,28H,15H2,1-2H3/t21-,24+/m1/s1. The first-order valence-corrected chi connectivity index (χ1v) is 11.9. The Labute approximate surface area is 192 Å². The molecule has 0 spiro atoms. The van der Waals surface area contributed by atoms with Crippen LogP contribution in [0.15, 0.2) is 77.8 Å². The number of aryl methyl sites for hydroxylation is 2. The van der Waals surface area contributed by atoms with Crippen molar-refractivity contribution >= 4 is 32.6 Å². The van der Waals surface area contributed by atoms with E-state index < -0.39 is 28.9 Å². The van der Waals surface area contributed by atoms with Gasteiger partial charge in [-0.1, -0.05) is 59.6 Å². The zero-order valence-electron chi connectivity index (χ0n) is 17.6. The van der Waals surface area contributed by atoms with Gasteiger partial charge < -0.3 is 9.67 Å². The zero-order valence-corrected chi connectivity index (χ0v) is 19.2.